The summed E-state index contributed by atoms with van der Waals surface area (Å²) in [5.41, 5.74) is 20.0. The molecule has 0 radical (unpaired) electrons. The summed E-state index contributed by atoms with van der Waals surface area (Å²) >= 11 is 0. The molecule has 0 heterocycles. The molecule has 0 aromatic heterocycles. The van der Waals surface area contributed by atoms with Gasteiger partial charge in [0.15, 0.2) is 11.9 Å². The SMILES string of the molecule is C.NC(N)=NCCCC(=O)C(=O)O.NC(N)=NCCCC=O.O=C=O. The van der Waals surface area contributed by atoms with Crippen LogP contribution in [-0.2, 0) is 24.0 Å². The van der Waals surface area contributed by atoms with Crippen molar-refractivity contribution in [3.05, 3.63) is 0 Å². The number of aldehydes is 1. The largest absolute Gasteiger partial charge is 0.476 e. The van der Waals surface area contributed by atoms with Crippen LogP contribution in [0.25, 0.3) is 0 Å². The van der Waals surface area contributed by atoms with Crippen molar-refractivity contribution in [3.8, 4) is 0 Å². The van der Waals surface area contributed by atoms with Crippen molar-refractivity contribution in [2.24, 2.45) is 32.9 Å². The van der Waals surface area contributed by atoms with E-state index >= 15 is 0 Å². The van der Waals surface area contributed by atoms with Crippen LogP contribution in [0.5, 0.6) is 0 Å². The smallest absolute Gasteiger partial charge is 0.373 e. The Labute approximate surface area is 145 Å². The minimum absolute atomic E-state index is 0. The number of carbonyl (C=O) groups is 3. The number of unbranched alkanes of at least 4 members (excludes halogenated alkanes) is 1. The molecule has 0 saturated heterocycles. The molecule has 144 valence electrons. The Hall–Kier alpha value is -3.27. The number of hydrogen-bond acceptors (Lipinski definition) is 7. The van der Waals surface area contributed by atoms with E-state index < -0.39 is 11.8 Å². The van der Waals surface area contributed by atoms with Gasteiger partial charge in [-0.3, -0.25) is 14.8 Å². The van der Waals surface area contributed by atoms with E-state index in [1.807, 2.05) is 0 Å². The lowest BCUT2D eigenvalue weighted by Gasteiger charge is -1.93. The van der Waals surface area contributed by atoms with Gasteiger partial charge >= 0.3 is 12.1 Å². The zero-order valence-corrected chi connectivity index (χ0v) is 13.0. The van der Waals surface area contributed by atoms with Crippen LogP contribution in [0.2, 0.25) is 0 Å². The van der Waals surface area contributed by atoms with Crippen molar-refractivity contribution in [1.29, 1.82) is 0 Å². The molecule has 0 unspecified atom stereocenters. The summed E-state index contributed by atoms with van der Waals surface area (Å²) in [5.74, 6) is -2.21. The van der Waals surface area contributed by atoms with Crippen LogP contribution in [0.4, 0.5) is 0 Å². The fourth-order valence-electron chi connectivity index (χ4n) is 0.937. The van der Waals surface area contributed by atoms with E-state index in [4.69, 9.17) is 37.6 Å². The number of ketones is 1. The molecule has 0 atom stereocenters. The number of rotatable bonds is 9. The molecule has 0 aromatic carbocycles. The monoisotopic (exact) mass is 362 g/mol. The minimum atomic E-state index is -1.42. The molecule has 0 aliphatic rings. The molecule has 0 spiro atoms. The number of aliphatic imine (C=N–C) groups is 2. The van der Waals surface area contributed by atoms with E-state index in [-0.39, 0.29) is 38.5 Å². The first-order chi connectivity index (χ1) is 11.2. The normalized spacial score (nSPS) is 7.68. The lowest BCUT2D eigenvalue weighted by molar-refractivity contribution is -0.191. The first-order valence-electron chi connectivity index (χ1n) is 6.52. The fourth-order valence-corrected chi connectivity index (χ4v) is 0.937. The van der Waals surface area contributed by atoms with Crippen molar-refractivity contribution in [2.75, 3.05) is 13.1 Å². The minimum Gasteiger partial charge on any atom is -0.476 e. The van der Waals surface area contributed by atoms with Gasteiger partial charge in [-0.25, -0.2) is 4.79 Å². The number of aliphatic carboxylic acids is 1. The maximum absolute atomic E-state index is 10.5. The lowest BCUT2D eigenvalue weighted by Crippen LogP contribution is -2.23. The number of hydrogen-bond donors (Lipinski definition) is 5. The summed E-state index contributed by atoms with van der Waals surface area (Å²) in [5, 5.41) is 8.16. The average Bonchev–Trinajstić information content (AvgIpc) is 2.49. The summed E-state index contributed by atoms with van der Waals surface area (Å²) in [6.45, 7) is 0.822. The summed E-state index contributed by atoms with van der Waals surface area (Å²) in [6.07, 6.45) is 2.66. The zero-order chi connectivity index (χ0) is 19.4. The molecule has 0 aliphatic carbocycles. The van der Waals surface area contributed by atoms with Gasteiger partial charge in [-0.2, -0.15) is 9.59 Å². The third kappa shape index (κ3) is 38.6. The van der Waals surface area contributed by atoms with Crippen LogP contribution >= 0.6 is 0 Å². The van der Waals surface area contributed by atoms with Gasteiger partial charge in [-0.1, -0.05) is 7.43 Å². The molecule has 25 heavy (non-hydrogen) atoms. The molecule has 0 saturated carbocycles. The molecule has 0 rings (SSSR count). The highest BCUT2D eigenvalue weighted by atomic mass is 16.4. The Balaban J connectivity index is -0.000000151. The number of guanidine groups is 2. The maximum Gasteiger partial charge on any atom is 0.373 e. The fraction of sp³-hybridized carbons (Fsp3) is 0.538. The first kappa shape index (κ1) is 29.7. The van der Waals surface area contributed by atoms with Gasteiger partial charge in [-0.15, -0.1) is 0 Å². The standard InChI is InChI=1S/C6H11N3O3.C5H11N3O.CO2.CH4/c7-6(8)9-3-1-2-4(10)5(11)12;6-5(7)8-3-1-2-4-9;2-1-3;/h1-3H2,(H,11,12)(H4,7,8,9);4H,1-3H2,(H4,6,7,8);;1H4. The van der Waals surface area contributed by atoms with Crippen molar-refractivity contribution in [2.45, 2.75) is 33.1 Å². The highest BCUT2D eigenvalue weighted by molar-refractivity contribution is 6.32. The molecule has 0 amide bonds. The summed E-state index contributed by atoms with van der Waals surface area (Å²) in [7, 11) is 0. The molecule has 12 heteroatoms. The predicted molar refractivity (Wildman–Crippen MR) is 90.3 cm³/mol. The van der Waals surface area contributed by atoms with Crippen LogP contribution in [0.3, 0.4) is 0 Å². The highest BCUT2D eigenvalue weighted by Gasteiger charge is 2.09. The molecule has 0 aliphatic heterocycles. The van der Waals surface area contributed by atoms with Gasteiger partial charge in [0.1, 0.15) is 6.29 Å². The van der Waals surface area contributed by atoms with Gasteiger partial charge in [0.2, 0.25) is 5.78 Å². The Morgan fingerprint density at radius 1 is 0.960 bits per heavy atom. The number of nitrogens with two attached hydrogens (primary N) is 4. The van der Waals surface area contributed by atoms with Crippen LogP contribution in [-0.4, -0.2) is 54.3 Å². The number of carboxylic acid groups (broad SMARTS) is 1. The Morgan fingerprint density at radius 3 is 1.68 bits per heavy atom. The van der Waals surface area contributed by atoms with Crippen molar-refractivity contribution in [1.82, 2.24) is 0 Å². The van der Waals surface area contributed by atoms with Crippen molar-refractivity contribution in [3.63, 3.8) is 0 Å². The molecular weight excluding hydrogens is 336 g/mol. The van der Waals surface area contributed by atoms with Gasteiger partial charge in [0.25, 0.3) is 0 Å². The number of nitrogens with zero attached hydrogens (tertiary/aromatic N) is 2. The van der Waals surface area contributed by atoms with Gasteiger partial charge in [0, 0.05) is 25.9 Å². The summed E-state index contributed by atoms with van der Waals surface area (Å²) < 4.78 is 0. The summed E-state index contributed by atoms with van der Waals surface area (Å²) in [6, 6.07) is 0. The van der Waals surface area contributed by atoms with E-state index in [1.165, 1.54) is 0 Å². The zero-order valence-electron chi connectivity index (χ0n) is 13.0. The van der Waals surface area contributed by atoms with Crippen LogP contribution in [0.15, 0.2) is 9.98 Å². The quantitative estimate of drug-likeness (QED) is 0.0992. The van der Waals surface area contributed by atoms with Crippen LogP contribution < -0.4 is 22.9 Å². The molecule has 0 fully saturated rings. The maximum atomic E-state index is 10.5. The first-order valence-corrected chi connectivity index (χ1v) is 6.52. The average molecular weight is 362 g/mol. The molecule has 12 nitrogen and oxygen atoms in total. The van der Waals surface area contributed by atoms with E-state index in [9.17, 15) is 14.4 Å². The van der Waals surface area contributed by atoms with E-state index in [2.05, 4.69) is 9.98 Å². The third-order valence-electron chi connectivity index (χ3n) is 1.87. The molecule has 0 aromatic rings. The molecule has 0 bridgehead atoms. The second-order valence-electron chi connectivity index (χ2n) is 3.84. The third-order valence-corrected chi connectivity index (χ3v) is 1.87. The van der Waals surface area contributed by atoms with E-state index in [0.717, 1.165) is 12.7 Å². The van der Waals surface area contributed by atoms with E-state index in [1.54, 1.807) is 0 Å². The topological polar surface area (TPSA) is 234 Å². The number of carbonyl (C=O) groups excluding carboxylic acids is 4. The van der Waals surface area contributed by atoms with Gasteiger partial charge < -0.3 is 32.8 Å². The molecular formula is C13H26N6O6. The van der Waals surface area contributed by atoms with Crippen molar-refractivity contribution < 1.29 is 29.1 Å². The van der Waals surface area contributed by atoms with Crippen molar-refractivity contribution >= 4 is 36.1 Å². The number of Topliss-reactive ketones (excluding diaryl/α,β-unsaturated/α-hetero) is 1. The Morgan fingerprint density at radius 2 is 1.36 bits per heavy atom. The van der Waals surface area contributed by atoms with Gasteiger partial charge in [0.05, 0.1) is 0 Å². The highest BCUT2D eigenvalue weighted by Crippen LogP contribution is 1.91. The van der Waals surface area contributed by atoms with E-state index in [0.29, 0.717) is 19.4 Å². The lowest BCUT2D eigenvalue weighted by atomic mass is 10.2. The predicted octanol–water partition coefficient (Wildman–Crippen LogP) is -2.01. The van der Waals surface area contributed by atoms with Gasteiger partial charge in [-0.05, 0) is 12.8 Å². The van der Waals surface area contributed by atoms with Crippen LogP contribution in [0.1, 0.15) is 33.1 Å². The Kier molecular flexibility index (Phi) is 27.3. The van der Waals surface area contributed by atoms with Crippen LogP contribution in [0, 0.1) is 0 Å². The molecule has 9 N–H and O–H groups in total. The second-order valence-corrected chi connectivity index (χ2v) is 3.84. The summed E-state index contributed by atoms with van der Waals surface area (Å²) in [4.78, 5) is 53.7. The second kappa shape index (κ2) is 23.0. The Bertz CT molecular complexity index is 464. The number of carboxylic acids is 1.